The summed E-state index contributed by atoms with van der Waals surface area (Å²) in [6, 6.07) is 16.1. The predicted molar refractivity (Wildman–Crippen MR) is 190 cm³/mol. The summed E-state index contributed by atoms with van der Waals surface area (Å²) in [5.41, 5.74) is 10.7. The van der Waals surface area contributed by atoms with Gasteiger partial charge in [-0.3, -0.25) is 0 Å². The molecule has 0 fully saturated rings. The number of fused-ring (bicyclic) bond motifs is 4. The minimum Gasteiger partial charge on any atom is -0.195 e. The molecule has 0 radical (unpaired) electrons. The normalized spacial score (nSPS) is 12.5. The number of hydrogen-bond donors (Lipinski definition) is 0. The van der Waals surface area contributed by atoms with Gasteiger partial charge in [0.15, 0.2) is 10.3 Å². The third-order valence-electron chi connectivity index (χ3n) is 9.94. The first-order valence-electron chi connectivity index (χ1n) is 15.3. The van der Waals surface area contributed by atoms with Crippen molar-refractivity contribution < 1.29 is 8.78 Å². The third kappa shape index (κ3) is 5.26. The van der Waals surface area contributed by atoms with E-state index in [1.165, 1.54) is 22.7 Å². The van der Waals surface area contributed by atoms with Gasteiger partial charge in [-0.1, -0.05) is 67.2 Å². The van der Waals surface area contributed by atoms with Gasteiger partial charge in [0.25, 0.3) is 0 Å². The summed E-state index contributed by atoms with van der Waals surface area (Å²) in [7, 11) is -3.70. The van der Waals surface area contributed by atoms with E-state index >= 15 is 0 Å². The molecule has 218 valence electrons. The van der Waals surface area contributed by atoms with Crippen molar-refractivity contribution in [2.24, 2.45) is 0 Å². The lowest BCUT2D eigenvalue weighted by Gasteiger charge is -2.27. The van der Waals surface area contributed by atoms with Crippen LogP contribution in [0, 0.1) is 33.2 Å². The van der Waals surface area contributed by atoms with Crippen molar-refractivity contribution in [3.63, 3.8) is 0 Å². The second-order valence-electron chi connectivity index (χ2n) is 12.3. The summed E-state index contributed by atoms with van der Waals surface area (Å²) < 4.78 is 30.9. The van der Waals surface area contributed by atoms with Gasteiger partial charge in [0.2, 0.25) is 0 Å². The molecular formula is C36H40F2S2Si2. The van der Waals surface area contributed by atoms with Gasteiger partial charge >= 0.3 is 0 Å². The summed E-state index contributed by atoms with van der Waals surface area (Å²) >= 11 is 2.35. The van der Waals surface area contributed by atoms with Gasteiger partial charge in [-0.25, -0.2) is 0 Å². The third-order valence-corrected chi connectivity index (χ3v) is 22.4. The minimum atomic E-state index is -1.85. The lowest BCUT2D eigenvalue weighted by Crippen LogP contribution is -2.34. The molecule has 0 N–H and O–H groups in total. The van der Waals surface area contributed by atoms with Gasteiger partial charge in [0.1, 0.15) is 16.1 Å². The van der Waals surface area contributed by atoms with Crippen LogP contribution in [0.1, 0.15) is 66.5 Å². The summed E-state index contributed by atoms with van der Waals surface area (Å²) in [5, 5.41) is 5.48. The zero-order valence-corrected chi connectivity index (χ0v) is 29.7. The van der Waals surface area contributed by atoms with Crippen LogP contribution in [0.5, 0.6) is 0 Å². The second-order valence-corrected chi connectivity index (χ2v) is 24.6. The molecule has 0 bridgehead atoms. The first-order valence-corrected chi connectivity index (χ1v) is 21.9. The summed E-state index contributed by atoms with van der Waals surface area (Å²) in [6.45, 7) is 18.4. The quantitative estimate of drug-likeness (QED) is 0.0994. The van der Waals surface area contributed by atoms with E-state index < -0.39 is 16.1 Å². The Morgan fingerprint density at radius 2 is 0.905 bits per heavy atom. The van der Waals surface area contributed by atoms with Crippen molar-refractivity contribution in [3.05, 3.63) is 57.8 Å². The van der Waals surface area contributed by atoms with Crippen molar-refractivity contribution in [2.45, 2.75) is 90.6 Å². The van der Waals surface area contributed by atoms with Crippen LogP contribution < -0.4 is 0 Å². The number of hydrogen-bond acceptors (Lipinski definition) is 2. The molecule has 0 aliphatic heterocycles. The highest BCUT2D eigenvalue weighted by Gasteiger charge is 2.32. The lowest BCUT2D eigenvalue weighted by atomic mass is 9.91. The highest BCUT2D eigenvalue weighted by molar-refractivity contribution is 7.18. The van der Waals surface area contributed by atoms with Crippen LogP contribution in [0.3, 0.4) is 0 Å². The van der Waals surface area contributed by atoms with Crippen LogP contribution in [0.2, 0.25) is 35.3 Å². The smallest absolute Gasteiger partial charge is 0.177 e. The molecule has 2 heterocycles. The summed E-state index contributed by atoms with van der Waals surface area (Å²) in [4.78, 5) is 0. The molecular weight excluding hydrogens is 591 g/mol. The molecule has 2 aromatic heterocycles. The number of benzene rings is 3. The van der Waals surface area contributed by atoms with Gasteiger partial charge in [-0.2, -0.15) is 8.78 Å². The van der Waals surface area contributed by atoms with Crippen molar-refractivity contribution in [1.82, 2.24) is 0 Å². The molecule has 0 atom stereocenters. The molecule has 6 heteroatoms. The summed E-state index contributed by atoms with van der Waals surface area (Å²) in [5.74, 6) is 7.46. The maximum absolute atomic E-state index is 14.5. The Balaban J connectivity index is 1.99. The van der Waals surface area contributed by atoms with Crippen LogP contribution in [0.4, 0.5) is 8.78 Å². The Labute approximate surface area is 259 Å². The summed E-state index contributed by atoms with van der Waals surface area (Å²) in [6.07, 6.45) is 0. The van der Waals surface area contributed by atoms with E-state index in [-0.39, 0.29) is 10.3 Å². The molecule has 5 aromatic rings. The van der Waals surface area contributed by atoms with Gasteiger partial charge < -0.3 is 0 Å². The largest absolute Gasteiger partial charge is 0.195 e. The molecule has 0 aliphatic rings. The molecule has 0 spiro atoms. The fraction of sp³-hybridized carbons (Fsp3) is 0.389. The average Bonchev–Trinajstić information content (AvgIpc) is 3.51. The van der Waals surface area contributed by atoms with Gasteiger partial charge in [0.05, 0.1) is 0 Å². The Morgan fingerprint density at radius 3 is 1.21 bits per heavy atom. The van der Waals surface area contributed by atoms with Crippen molar-refractivity contribution in [3.8, 4) is 22.9 Å². The van der Waals surface area contributed by atoms with Crippen molar-refractivity contribution in [1.29, 1.82) is 0 Å². The van der Waals surface area contributed by atoms with Gasteiger partial charge in [0, 0.05) is 31.3 Å². The predicted octanol–water partition coefficient (Wildman–Crippen LogP) is 12.3. The van der Waals surface area contributed by atoms with Gasteiger partial charge in [-0.05, 0) is 93.2 Å². The topological polar surface area (TPSA) is 0 Å². The molecule has 42 heavy (non-hydrogen) atoms. The first kappa shape index (κ1) is 31.0. The van der Waals surface area contributed by atoms with E-state index in [1.807, 2.05) is 0 Å². The zero-order valence-electron chi connectivity index (χ0n) is 26.0. The SMILES string of the molecule is CC[Si](C#Cc1c2cc3cc(F)sc3cc2c(C#C[Si](CC)(CC)C(C)C)c2cc3cc(F)sc3cc12)(CC)C(C)C. The molecule has 0 aliphatic carbocycles. The molecule has 0 saturated carbocycles. The molecule has 0 saturated heterocycles. The van der Waals surface area contributed by atoms with Crippen molar-refractivity contribution >= 4 is 80.5 Å². The standard InChI is InChI=1S/C36H40F2S2Si2/c1-9-41(10-2,23(5)6)15-13-27-29-17-25-19-35(37)40-34(25)22-32(29)28(14-16-42(11-3,12-4)24(7)8)30-18-26-20-36(38)39-33(26)21-31(27)30/h17-24H,9-12H2,1-8H3. The Bertz CT molecular complexity index is 1700. The number of halogens is 2. The van der Waals surface area contributed by atoms with Crippen LogP contribution in [0.25, 0.3) is 41.7 Å². The monoisotopic (exact) mass is 630 g/mol. The van der Waals surface area contributed by atoms with E-state index in [1.54, 1.807) is 12.1 Å². The Kier molecular flexibility index (Phi) is 8.76. The Morgan fingerprint density at radius 1 is 0.571 bits per heavy atom. The van der Waals surface area contributed by atoms with E-state index in [9.17, 15) is 8.78 Å². The minimum absolute atomic E-state index is 0.187. The fourth-order valence-electron chi connectivity index (χ4n) is 6.65. The highest BCUT2D eigenvalue weighted by atomic mass is 32.1. The Hall–Kier alpha value is -2.49. The van der Waals surface area contributed by atoms with Crippen LogP contribution in [-0.2, 0) is 0 Å². The molecule has 0 unspecified atom stereocenters. The molecule has 3 aromatic carbocycles. The van der Waals surface area contributed by atoms with Crippen LogP contribution in [-0.4, -0.2) is 16.1 Å². The molecule has 0 amide bonds. The molecule has 5 rings (SSSR count). The van der Waals surface area contributed by atoms with Crippen molar-refractivity contribution in [2.75, 3.05) is 0 Å². The van der Waals surface area contributed by atoms with Crippen LogP contribution >= 0.6 is 22.7 Å². The maximum Gasteiger partial charge on any atom is 0.177 e. The zero-order chi connectivity index (χ0) is 30.4. The fourth-order valence-corrected chi connectivity index (χ4v) is 14.6. The average molecular weight is 631 g/mol. The number of thiophene rings is 2. The van der Waals surface area contributed by atoms with Crippen LogP contribution in [0.15, 0.2) is 36.4 Å². The number of rotatable bonds is 6. The van der Waals surface area contributed by atoms with E-state index in [0.29, 0.717) is 11.1 Å². The maximum atomic E-state index is 14.5. The highest BCUT2D eigenvalue weighted by Crippen LogP contribution is 2.40. The van der Waals surface area contributed by atoms with Gasteiger partial charge in [-0.15, -0.1) is 33.8 Å². The first-order chi connectivity index (χ1) is 20.0. The van der Waals surface area contributed by atoms with E-state index in [2.05, 4.69) is 103 Å². The van der Waals surface area contributed by atoms with E-state index in [4.69, 9.17) is 0 Å². The lowest BCUT2D eigenvalue weighted by molar-refractivity contribution is 0.658. The second kappa shape index (κ2) is 11.9. The molecule has 0 nitrogen and oxygen atoms in total. The van der Waals surface area contributed by atoms with E-state index in [0.717, 1.165) is 77.0 Å².